The molecule has 1 aromatic rings. The molecule has 1 heterocycles. The molecular weight excluding hydrogens is 282 g/mol. The molecule has 1 amide bonds. The lowest BCUT2D eigenvalue weighted by Gasteiger charge is -2.41. The molecule has 5 nitrogen and oxygen atoms in total. The molecule has 120 valence electrons. The topological polar surface area (TPSA) is 55.8 Å². The van der Waals surface area contributed by atoms with Crippen molar-refractivity contribution in [3.05, 3.63) is 23.8 Å². The zero-order valence-corrected chi connectivity index (χ0v) is 14.0. The van der Waals surface area contributed by atoms with E-state index in [2.05, 4.69) is 0 Å². The number of benzene rings is 1. The molecule has 0 saturated heterocycles. The minimum atomic E-state index is -1.02. The number of carbonyl (C=O) groups excluding carboxylic acids is 2. The van der Waals surface area contributed by atoms with Crippen molar-refractivity contribution in [2.45, 2.75) is 59.3 Å². The first-order chi connectivity index (χ1) is 10.1. The van der Waals surface area contributed by atoms with Gasteiger partial charge >= 0.3 is 5.97 Å². The number of amides is 1. The summed E-state index contributed by atoms with van der Waals surface area (Å²) in [7, 11) is 0. The standard InChI is InChI=1S/C17H23NO4/c1-10(2)21-15(19)12(4)18-13-9-11(3)7-8-14(13)22-17(5,6)16(18)20/h7-10,12H,1-6H3. The van der Waals surface area contributed by atoms with Crippen LogP contribution >= 0.6 is 0 Å². The van der Waals surface area contributed by atoms with Gasteiger partial charge in [-0.25, -0.2) is 4.79 Å². The van der Waals surface area contributed by atoms with E-state index >= 15 is 0 Å². The monoisotopic (exact) mass is 305 g/mol. The van der Waals surface area contributed by atoms with Crippen LogP contribution in [0.4, 0.5) is 5.69 Å². The summed E-state index contributed by atoms with van der Waals surface area (Å²) in [5, 5.41) is 0. The Kier molecular flexibility index (Phi) is 4.18. The molecule has 0 fully saturated rings. The minimum absolute atomic E-state index is 0.226. The molecule has 0 radical (unpaired) electrons. The molecule has 1 aliphatic rings. The van der Waals surface area contributed by atoms with Crippen LogP contribution in [0.5, 0.6) is 5.75 Å². The summed E-state index contributed by atoms with van der Waals surface area (Å²) in [5.41, 5.74) is 0.580. The molecule has 0 saturated carbocycles. The van der Waals surface area contributed by atoms with Crippen molar-refractivity contribution in [2.75, 3.05) is 4.90 Å². The van der Waals surface area contributed by atoms with Crippen LogP contribution in [-0.4, -0.2) is 29.6 Å². The van der Waals surface area contributed by atoms with Crippen molar-refractivity contribution in [1.82, 2.24) is 0 Å². The Morgan fingerprint density at radius 2 is 1.91 bits per heavy atom. The van der Waals surface area contributed by atoms with Gasteiger partial charge in [0.15, 0.2) is 5.60 Å². The number of nitrogens with zero attached hydrogens (tertiary/aromatic N) is 1. The van der Waals surface area contributed by atoms with E-state index in [1.165, 1.54) is 4.90 Å². The number of esters is 1. The smallest absolute Gasteiger partial charge is 0.329 e. The Hall–Kier alpha value is -2.04. The van der Waals surface area contributed by atoms with Crippen molar-refractivity contribution in [2.24, 2.45) is 0 Å². The average Bonchev–Trinajstić information content (AvgIpc) is 2.39. The Labute approximate surface area is 131 Å². The average molecular weight is 305 g/mol. The molecule has 1 aromatic carbocycles. The van der Waals surface area contributed by atoms with Crippen LogP contribution < -0.4 is 9.64 Å². The van der Waals surface area contributed by atoms with Crippen LogP contribution in [0.2, 0.25) is 0 Å². The predicted molar refractivity (Wildman–Crippen MR) is 84.1 cm³/mol. The second-order valence-electron chi connectivity index (χ2n) is 6.42. The van der Waals surface area contributed by atoms with Gasteiger partial charge in [-0.1, -0.05) is 6.07 Å². The summed E-state index contributed by atoms with van der Waals surface area (Å²) in [6.07, 6.45) is -0.226. The number of fused-ring (bicyclic) bond motifs is 1. The maximum absolute atomic E-state index is 12.7. The molecule has 1 aliphatic heterocycles. The lowest BCUT2D eigenvalue weighted by atomic mass is 10.0. The molecule has 22 heavy (non-hydrogen) atoms. The van der Waals surface area contributed by atoms with Gasteiger partial charge in [0.1, 0.15) is 11.8 Å². The number of anilines is 1. The molecule has 1 unspecified atom stereocenters. The fraction of sp³-hybridized carbons (Fsp3) is 0.529. The molecule has 2 rings (SSSR count). The predicted octanol–water partition coefficient (Wildman–Crippen LogP) is 2.84. The van der Waals surface area contributed by atoms with Gasteiger partial charge in [0.05, 0.1) is 11.8 Å². The lowest BCUT2D eigenvalue weighted by molar-refractivity contribution is -0.151. The van der Waals surface area contributed by atoms with Crippen LogP contribution in [-0.2, 0) is 14.3 Å². The molecular formula is C17H23NO4. The molecule has 0 aliphatic carbocycles. The van der Waals surface area contributed by atoms with Gasteiger partial charge in [-0.3, -0.25) is 9.69 Å². The number of hydrogen-bond acceptors (Lipinski definition) is 4. The van der Waals surface area contributed by atoms with Crippen molar-refractivity contribution in [3.63, 3.8) is 0 Å². The lowest BCUT2D eigenvalue weighted by Crippen LogP contribution is -2.57. The van der Waals surface area contributed by atoms with Gasteiger partial charge in [0.2, 0.25) is 0 Å². The zero-order valence-electron chi connectivity index (χ0n) is 14.0. The van der Waals surface area contributed by atoms with E-state index in [1.807, 2.05) is 25.1 Å². The Balaban J connectivity index is 2.46. The van der Waals surface area contributed by atoms with E-state index in [-0.39, 0.29) is 12.0 Å². The molecule has 5 heteroatoms. The normalized spacial score (nSPS) is 17.8. The van der Waals surface area contributed by atoms with E-state index in [0.29, 0.717) is 11.4 Å². The van der Waals surface area contributed by atoms with Crippen molar-refractivity contribution in [3.8, 4) is 5.75 Å². The van der Waals surface area contributed by atoms with Gasteiger partial charge in [-0.2, -0.15) is 0 Å². The van der Waals surface area contributed by atoms with E-state index in [1.54, 1.807) is 34.6 Å². The van der Waals surface area contributed by atoms with E-state index < -0.39 is 17.6 Å². The quantitative estimate of drug-likeness (QED) is 0.806. The Morgan fingerprint density at radius 3 is 2.50 bits per heavy atom. The highest BCUT2D eigenvalue weighted by Gasteiger charge is 2.44. The fourth-order valence-corrected chi connectivity index (χ4v) is 2.44. The highest BCUT2D eigenvalue weighted by molar-refractivity contribution is 6.06. The third kappa shape index (κ3) is 2.93. The van der Waals surface area contributed by atoms with Gasteiger partial charge in [-0.05, 0) is 59.2 Å². The summed E-state index contributed by atoms with van der Waals surface area (Å²) in [4.78, 5) is 26.5. The number of rotatable bonds is 3. The number of hydrogen-bond donors (Lipinski definition) is 0. The van der Waals surface area contributed by atoms with Crippen molar-refractivity contribution >= 4 is 17.6 Å². The fourth-order valence-electron chi connectivity index (χ4n) is 2.44. The number of ether oxygens (including phenoxy) is 2. The van der Waals surface area contributed by atoms with Gasteiger partial charge < -0.3 is 9.47 Å². The van der Waals surface area contributed by atoms with E-state index in [9.17, 15) is 9.59 Å². The van der Waals surface area contributed by atoms with Gasteiger partial charge in [0.25, 0.3) is 5.91 Å². The highest BCUT2D eigenvalue weighted by atomic mass is 16.5. The maximum atomic E-state index is 12.7. The van der Waals surface area contributed by atoms with E-state index in [0.717, 1.165) is 5.56 Å². The Morgan fingerprint density at radius 1 is 1.27 bits per heavy atom. The summed E-state index contributed by atoms with van der Waals surface area (Å²) < 4.78 is 11.0. The zero-order chi connectivity index (χ0) is 16.7. The highest BCUT2D eigenvalue weighted by Crippen LogP contribution is 2.39. The summed E-state index contributed by atoms with van der Waals surface area (Å²) in [6.45, 7) is 10.6. The second-order valence-corrected chi connectivity index (χ2v) is 6.42. The number of aryl methyl sites for hydroxylation is 1. The van der Waals surface area contributed by atoms with Crippen LogP contribution in [0.3, 0.4) is 0 Å². The van der Waals surface area contributed by atoms with Crippen LogP contribution in [0, 0.1) is 6.92 Å². The molecule has 0 N–H and O–H groups in total. The molecule has 1 atom stereocenters. The van der Waals surface area contributed by atoms with Crippen LogP contribution in [0.1, 0.15) is 40.2 Å². The summed E-state index contributed by atoms with van der Waals surface area (Å²) in [5.74, 6) is -0.0771. The molecule has 0 spiro atoms. The minimum Gasteiger partial charge on any atom is -0.476 e. The van der Waals surface area contributed by atoms with E-state index in [4.69, 9.17) is 9.47 Å². The summed E-state index contributed by atoms with van der Waals surface area (Å²) in [6, 6.07) is 4.88. The van der Waals surface area contributed by atoms with Crippen molar-refractivity contribution < 1.29 is 19.1 Å². The molecule has 0 aromatic heterocycles. The number of carbonyl (C=O) groups is 2. The first kappa shape index (κ1) is 16.3. The largest absolute Gasteiger partial charge is 0.476 e. The first-order valence-corrected chi connectivity index (χ1v) is 7.47. The van der Waals surface area contributed by atoms with Gasteiger partial charge in [-0.15, -0.1) is 0 Å². The van der Waals surface area contributed by atoms with Crippen molar-refractivity contribution in [1.29, 1.82) is 0 Å². The van der Waals surface area contributed by atoms with Crippen LogP contribution in [0.15, 0.2) is 18.2 Å². The van der Waals surface area contributed by atoms with Gasteiger partial charge in [0, 0.05) is 0 Å². The third-order valence-electron chi connectivity index (χ3n) is 3.55. The maximum Gasteiger partial charge on any atom is 0.329 e. The molecule has 0 bridgehead atoms. The third-order valence-corrected chi connectivity index (χ3v) is 3.55. The second kappa shape index (κ2) is 5.63. The summed E-state index contributed by atoms with van der Waals surface area (Å²) >= 11 is 0. The van der Waals surface area contributed by atoms with Crippen LogP contribution in [0.25, 0.3) is 0 Å². The Bertz CT molecular complexity index is 607. The first-order valence-electron chi connectivity index (χ1n) is 7.47. The SMILES string of the molecule is Cc1ccc2c(c1)N(C(C)C(=O)OC(C)C)C(=O)C(C)(C)O2.